The maximum Gasteiger partial charge on any atom is 0.410 e. The van der Waals surface area contributed by atoms with E-state index < -0.39 is 5.60 Å². The first-order valence-electron chi connectivity index (χ1n) is 9.50. The predicted molar refractivity (Wildman–Crippen MR) is 93.1 cm³/mol. The molecule has 1 saturated heterocycles. The van der Waals surface area contributed by atoms with Gasteiger partial charge in [0.25, 0.3) is 0 Å². The molecule has 0 spiro atoms. The van der Waals surface area contributed by atoms with Gasteiger partial charge in [-0.25, -0.2) is 14.5 Å². The number of ether oxygens (including phenoxy) is 1. The molecule has 1 aromatic heterocycles. The normalized spacial score (nSPS) is 31.7. The van der Waals surface area contributed by atoms with E-state index in [4.69, 9.17) is 4.74 Å². The highest BCUT2D eigenvalue weighted by Crippen LogP contribution is 2.39. The van der Waals surface area contributed by atoms with E-state index in [0.29, 0.717) is 23.9 Å². The lowest BCUT2D eigenvalue weighted by Crippen LogP contribution is -2.46. The van der Waals surface area contributed by atoms with Gasteiger partial charge in [0.2, 0.25) is 0 Å². The van der Waals surface area contributed by atoms with Crippen LogP contribution in [0.25, 0.3) is 0 Å². The van der Waals surface area contributed by atoms with Crippen LogP contribution in [0.4, 0.5) is 4.79 Å². The molecule has 7 nitrogen and oxygen atoms in total. The van der Waals surface area contributed by atoms with E-state index in [-0.39, 0.29) is 6.09 Å². The summed E-state index contributed by atoms with van der Waals surface area (Å²) in [6.07, 6.45) is 6.00. The minimum absolute atomic E-state index is 0.162. The van der Waals surface area contributed by atoms with Crippen LogP contribution in [0.5, 0.6) is 0 Å². The van der Waals surface area contributed by atoms with Gasteiger partial charge in [0.15, 0.2) is 0 Å². The Morgan fingerprint density at radius 3 is 2.88 bits per heavy atom. The van der Waals surface area contributed by atoms with E-state index in [1.807, 2.05) is 30.4 Å². The van der Waals surface area contributed by atoms with Crippen LogP contribution >= 0.6 is 0 Å². The molecule has 0 aromatic carbocycles. The van der Waals surface area contributed by atoms with Gasteiger partial charge in [0.1, 0.15) is 17.8 Å². The van der Waals surface area contributed by atoms with Crippen LogP contribution in [-0.4, -0.2) is 56.5 Å². The Morgan fingerprint density at radius 2 is 2.08 bits per heavy atom. The van der Waals surface area contributed by atoms with Crippen molar-refractivity contribution in [1.29, 1.82) is 0 Å². The Hall–Kier alpha value is -1.63. The number of carbonyl (C=O) groups is 1. The summed E-state index contributed by atoms with van der Waals surface area (Å²) < 4.78 is 7.57. The molecule has 25 heavy (non-hydrogen) atoms. The van der Waals surface area contributed by atoms with Crippen molar-refractivity contribution < 1.29 is 9.53 Å². The highest BCUT2D eigenvalue weighted by Gasteiger charge is 2.45. The van der Waals surface area contributed by atoms with Gasteiger partial charge in [-0.15, -0.1) is 0 Å². The Balaban J connectivity index is 1.34. The van der Waals surface area contributed by atoms with E-state index in [9.17, 15) is 4.79 Å². The lowest BCUT2D eigenvalue weighted by atomic mass is 9.96. The van der Waals surface area contributed by atoms with Crippen molar-refractivity contribution in [3.8, 4) is 0 Å². The predicted octanol–water partition coefficient (Wildman–Crippen LogP) is 1.83. The Labute approximate surface area is 149 Å². The van der Waals surface area contributed by atoms with E-state index >= 15 is 0 Å². The average molecular weight is 347 g/mol. The summed E-state index contributed by atoms with van der Waals surface area (Å²) in [6.45, 7) is 8.34. The monoisotopic (exact) mass is 347 g/mol. The Bertz CT molecular complexity index is 638. The Morgan fingerprint density at radius 1 is 1.24 bits per heavy atom. The van der Waals surface area contributed by atoms with Gasteiger partial charge in [-0.05, 0) is 51.9 Å². The number of aromatic nitrogens is 3. The number of carbonyl (C=O) groups excluding carboxylic acids is 1. The lowest BCUT2D eigenvalue weighted by Gasteiger charge is -2.30. The molecule has 4 unspecified atom stereocenters. The van der Waals surface area contributed by atoms with Crippen molar-refractivity contribution in [2.24, 2.45) is 11.8 Å². The van der Waals surface area contributed by atoms with E-state index in [1.54, 1.807) is 6.33 Å². The highest BCUT2D eigenvalue weighted by atomic mass is 16.6. The number of rotatable bonds is 2. The van der Waals surface area contributed by atoms with E-state index in [0.717, 1.165) is 38.3 Å². The van der Waals surface area contributed by atoms with Crippen molar-refractivity contribution in [2.45, 2.75) is 70.7 Å². The average Bonchev–Trinajstić information content (AvgIpc) is 3.21. The maximum atomic E-state index is 12.4. The molecular formula is C18H29N5O2. The van der Waals surface area contributed by atoms with Gasteiger partial charge in [-0.3, -0.25) is 0 Å². The first kappa shape index (κ1) is 16.8. The molecule has 4 rings (SSSR count). The molecule has 4 atom stereocenters. The minimum atomic E-state index is -0.427. The van der Waals surface area contributed by atoms with Gasteiger partial charge in [0.05, 0.1) is 6.54 Å². The zero-order valence-electron chi connectivity index (χ0n) is 15.4. The van der Waals surface area contributed by atoms with E-state index in [2.05, 4.69) is 15.4 Å². The summed E-state index contributed by atoms with van der Waals surface area (Å²) in [4.78, 5) is 18.6. The molecule has 2 aliphatic heterocycles. The van der Waals surface area contributed by atoms with Crippen molar-refractivity contribution >= 4 is 6.09 Å². The smallest absolute Gasteiger partial charge is 0.410 e. The number of nitrogens with zero attached hydrogens (tertiary/aromatic N) is 4. The van der Waals surface area contributed by atoms with Crippen LogP contribution in [0.1, 0.15) is 45.9 Å². The second-order valence-electron chi connectivity index (χ2n) is 8.75. The molecule has 1 N–H and O–H groups in total. The molecule has 0 bridgehead atoms. The largest absolute Gasteiger partial charge is 0.444 e. The standard InChI is InChI=1S/C18H29N5O2/c1-18(2,3)25-17(24)22-8-12-4-6-15(14(12)10-22)21-13-5-7-16-19-11-20-23(16)9-13/h11-15,21H,4-10H2,1-3H3. The molecule has 2 fully saturated rings. The third kappa shape index (κ3) is 3.52. The topological polar surface area (TPSA) is 72.3 Å². The number of nitrogens with one attached hydrogen (secondary N) is 1. The third-order valence-corrected chi connectivity index (χ3v) is 5.76. The highest BCUT2D eigenvalue weighted by molar-refractivity contribution is 5.68. The molecule has 0 radical (unpaired) electrons. The van der Waals surface area contributed by atoms with Crippen molar-refractivity contribution in [3.63, 3.8) is 0 Å². The van der Waals surface area contributed by atoms with E-state index in [1.165, 1.54) is 12.8 Å². The van der Waals surface area contributed by atoms with Gasteiger partial charge >= 0.3 is 6.09 Å². The number of aryl methyl sites for hydroxylation is 1. The van der Waals surface area contributed by atoms with Gasteiger partial charge in [-0.2, -0.15) is 5.10 Å². The van der Waals surface area contributed by atoms with Crippen LogP contribution in [0.3, 0.4) is 0 Å². The summed E-state index contributed by atoms with van der Waals surface area (Å²) in [5.41, 5.74) is -0.427. The molecular weight excluding hydrogens is 318 g/mol. The summed E-state index contributed by atoms with van der Waals surface area (Å²) in [5.74, 6) is 2.25. The molecule has 138 valence electrons. The van der Waals surface area contributed by atoms with Crippen molar-refractivity contribution in [3.05, 3.63) is 12.2 Å². The number of likely N-dealkylation sites (tertiary alicyclic amines) is 1. The zero-order valence-corrected chi connectivity index (χ0v) is 15.4. The fourth-order valence-electron chi connectivity index (χ4n) is 4.62. The fraction of sp³-hybridized carbons (Fsp3) is 0.833. The second-order valence-corrected chi connectivity index (χ2v) is 8.75. The first-order valence-corrected chi connectivity index (χ1v) is 9.50. The van der Waals surface area contributed by atoms with Crippen molar-refractivity contribution in [2.75, 3.05) is 13.1 Å². The van der Waals surface area contributed by atoms with Crippen LogP contribution in [0.2, 0.25) is 0 Å². The fourth-order valence-corrected chi connectivity index (χ4v) is 4.62. The maximum absolute atomic E-state index is 12.4. The molecule has 1 aliphatic carbocycles. The van der Waals surface area contributed by atoms with Gasteiger partial charge in [-0.1, -0.05) is 0 Å². The van der Waals surface area contributed by atoms with Crippen LogP contribution in [0, 0.1) is 11.8 Å². The molecule has 1 saturated carbocycles. The quantitative estimate of drug-likeness (QED) is 0.884. The third-order valence-electron chi connectivity index (χ3n) is 5.76. The number of hydrogen-bond acceptors (Lipinski definition) is 5. The molecule has 3 aliphatic rings. The zero-order chi connectivity index (χ0) is 17.6. The van der Waals surface area contributed by atoms with Crippen molar-refractivity contribution in [1.82, 2.24) is 25.0 Å². The molecule has 1 aromatic rings. The summed E-state index contributed by atoms with van der Waals surface area (Å²) in [6, 6.07) is 0.945. The number of hydrogen-bond donors (Lipinski definition) is 1. The summed E-state index contributed by atoms with van der Waals surface area (Å²) in [5, 5.41) is 8.17. The van der Waals surface area contributed by atoms with Gasteiger partial charge < -0.3 is 15.0 Å². The van der Waals surface area contributed by atoms with Crippen LogP contribution in [-0.2, 0) is 17.7 Å². The number of fused-ring (bicyclic) bond motifs is 2. The van der Waals surface area contributed by atoms with Crippen LogP contribution in [0.15, 0.2) is 6.33 Å². The second kappa shape index (κ2) is 6.27. The van der Waals surface area contributed by atoms with Crippen LogP contribution < -0.4 is 5.32 Å². The summed E-state index contributed by atoms with van der Waals surface area (Å²) >= 11 is 0. The lowest BCUT2D eigenvalue weighted by molar-refractivity contribution is 0.0277. The SMILES string of the molecule is CC(C)(C)OC(=O)N1CC2CCC(NC3CCc4ncnn4C3)C2C1. The number of amides is 1. The molecule has 7 heteroatoms. The Kier molecular flexibility index (Phi) is 4.22. The first-order chi connectivity index (χ1) is 11.9. The molecule has 3 heterocycles. The van der Waals surface area contributed by atoms with Gasteiger partial charge in [0, 0.05) is 31.6 Å². The summed E-state index contributed by atoms with van der Waals surface area (Å²) in [7, 11) is 0. The minimum Gasteiger partial charge on any atom is -0.444 e. The molecule has 1 amide bonds.